The molecule has 5 nitrogen and oxygen atoms in total. The summed E-state index contributed by atoms with van der Waals surface area (Å²) in [5.74, 6) is 1.35. The van der Waals surface area contributed by atoms with Crippen LogP contribution in [0.25, 0.3) is 0 Å². The molecule has 0 bridgehead atoms. The second-order valence-corrected chi connectivity index (χ2v) is 6.16. The van der Waals surface area contributed by atoms with Crippen molar-refractivity contribution in [2.24, 2.45) is 5.92 Å². The molecule has 0 aliphatic carbocycles. The fraction of sp³-hybridized carbons (Fsp3) is 0.667. The van der Waals surface area contributed by atoms with E-state index in [-0.39, 0.29) is 18.5 Å². The lowest BCUT2D eigenvalue weighted by molar-refractivity contribution is -0.279. The SMILES string of the molecule is CCC[C@H]1CO[C@H]([C@H]2CO[C@H](c3ccc(OC)cc3)CO2)OC1. The van der Waals surface area contributed by atoms with E-state index in [2.05, 4.69) is 6.92 Å². The van der Waals surface area contributed by atoms with E-state index in [1.54, 1.807) is 7.11 Å². The Kier molecular flexibility index (Phi) is 5.89. The molecule has 128 valence electrons. The first-order valence-corrected chi connectivity index (χ1v) is 8.40. The summed E-state index contributed by atoms with van der Waals surface area (Å²) in [5.41, 5.74) is 1.10. The number of methoxy groups -OCH3 is 1. The Bertz CT molecular complexity index is 459. The van der Waals surface area contributed by atoms with Crippen LogP contribution in [-0.2, 0) is 18.9 Å². The zero-order valence-electron chi connectivity index (χ0n) is 13.9. The summed E-state index contributed by atoms with van der Waals surface area (Å²) in [4.78, 5) is 0. The molecular formula is C18H26O5. The van der Waals surface area contributed by atoms with E-state index in [0.717, 1.165) is 37.4 Å². The molecule has 0 radical (unpaired) electrons. The highest BCUT2D eigenvalue weighted by Crippen LogP contribution is 2.28. The minimum Gasteiger partial charge on any atom is -0.497 e. The summed E-state index contributed by atoms with van der Waals surface area (Å²) < 4.78 is 28.7. The Morgan fingerprint density at radius 1 is 0.957 bits per heavy atom. The fourth-order valence-corrected chi connectivity index (χ4v) is 3.03. The van der Waals surface area contributed by atoms with Crippen molar-refractivity contribution in [1.29, 1.82) is 0 Å². The van der Waals surface area contributed by atoms with E-state index in [9.17, 15) is 0 Å². The van der Waals surface area contributed by atoms with E-state index in [4.69, 9.17) is 23.7 Å². The van der Waals surface area contributed by atoms with Gasteiger partial charge in [-0.3, -0.25) is 0 Å². The van der Waals surface area contributed by atoms with Gasteiger partial charge >= 0.3 is 0 Å². The predicted molar refractivity (Wildman–Crippen MR) is 85.5 cm³/mol. The standard InChI is InChI=1S/C18H26O5/c1-3-4-13-9-22-18(23-10-13)17-12-20-16(11-21-17)14-5-7-15(19-2)8-6-14/h5-8,13,16-18H,3-4,9-12H2,1-2H3/t13-,16-,17+,18-/m0/s1. The zero-order valence-corrected chi connectivity index (χ0v) is 13.9. The van der Waals surface area contributed by atoms with Crippen LogP contribution < -0.4 is 4.74 Å². The van der Waals surface area contributed by atoms with Gasteiger partial charge in [-0.25, -0.2) is 0 Å². The third-order valence-corrected chi connectivity index (χ3v) is 4.40. The number of rotatable bonds is 5. The van der Waals surface area contributed by atoms with Gasteiger partial charge in [-0.1, -0.05) is 25.5 Å². The summed E-state index contributed by atoms with van der Waals surface area (Å²) in [7, 11) is 1.66. The molecule has 23 heavy (non-hydrogen) atoms. The Morgan fingerprint density at radius 3 is 2.26 bits per heavy atom. The topological polar surface area (TPSA) is 46.2 Å². The van der Waals surface area contributed by atoms with Gasteiger partial charge in [0.25, 0.3) is 0 Å². The number of benzene rings is 1. The Hall–Kier alpha value is -1.14. The van der Waals surface area contributed by atoms with E-state index in [1.165, 1.54) is 0 Å². The van der Waals surface area contributed by atoms with Crippen molar-refractivity contribution in [3.8, 4) is 5.75 Å². The lowest BCUT2D eigenvalue weighted by Crippen LogP contribution is -2.46. The molecule has 0 N–H and O–H groups in total. The lowest BCUT2D eigenvalue weighted by Gasteiger charge is -2.37. The van der Waals surface area contributed by atoms with Crippen LogP contribution in [0.4, 0.5) is 0 Å². The Balaban J connectivity index is 1.46. The van der Waals surface area contributed by atoms with Gasteiger partial charge in [0.05, 0.1) is 33.5 Å². The van der Waals surface area contributed by atoms with E-state index < -0.39 is 0 Å². The molecule has 1 aromatic carbocycles. The van der Waals surface area contributed by atoms with Crippen molar-refractivity contribution in [3.05, 3.63) is 29.8 Å². The van der Waals surface area contributed by atoms with Gasteiger partial charge in [0.2, 0.25) is 0 Å². The van der Waals surface area contributed by atoms with Crippen molar-refractivity contribution in [3.63, 3.8) is 0 Å². The van der Waals surface area contributed by atoms with Crippen LogP contribution >= 0.6 is 0 Å². The molecule has 2 aliphatic heterocycles. The second kappa shape index (κ2) is 8.11. The van der Waals surface area contributed by atoms with Crippen LogP contribution in [0.1, 0.15) is 31.4 Å². The summed E-state index contributed by atoms with van der Waals surface area (Å²) >= 11 is 0. The van der Waals surface area contributed by atoms with Gasteiger partial charge in [0.1, 0.15) is 18.0 Å². The van der Waals surface area contributed by atoms with Crippen LogP contribution in [0.2, 0.25) is 0 Å². The summed E-state index contributed by atoms with van der Waals surface area (Å²) in [5, 5.41) is 0. The minimum atomic E-state index is -0.306. The quantitative estimate of drug-likeness (QED) is 0.834. The number of ether oxygens (including phenoxy) is 5. The van der Waals surface area contributed by atoms with Crippen molar-refractivity contribution >= 4 is 0 Å². The Morgan fingerprint density at radius 2 is 1.70 bits per heavy atom. The van der Waals surface area contributed by atoms with Crippen LogP contribution in [0, 0.1) is 5.92 Å². The fourth-order valence-electron chi connectivity index (χ4n) is 3.03. The predicted octanol–water partition coefficient (Wildman–Crippen LogP) is 2.94. The first-order chi connectivity index (χ1) is 11.3. The molecular weight excluding hydrogens is 296 g/mol. The molecule has 5 heteroatoms. The molecule has 0 saturated carbocycles. The molecule has 2 aliphatic rings. The van der Waals surface area contributed by atoms with E-state index in [0.29, 0.717) is 19.1 Å². The first kappa shape index (κ1) is 16.7. The summed E-state index contributed by atoms with van der Waals surface area (Å²) in [6.45, 7) is 4.68. The molecule has 0 spiro atoms. The molecule has 2 heterocycles. The van der Waals surface area contributed by atoms with Crippen molar-refractivity contribution in [1.82, 2.24) is 0 Å². The number of hydrogen-bond acceptors (Lipinski definition) is 5. The average molecular weight is 322 g/mol. The molecule has 1 aromatic rings. The molecule has 0 amide bonds. The lowest BCUT2D eigenvalue weighted by atomic mass is 10.1. The van der Waals surface area contributed by atoms with E-state index >= 15 is 0 Å². The maximum absolute atomic E-state index is 5.95. The highest BCUT2D eigenvalue weighted by Gasteiger charge is 2.34. The molecule has 2 fully saturated rings. The first-order valence-electron chi connectivity index (χ1n) is 8.40. The molecule has 2 atom stereocenters. The van der Waals surface area contributed by atoms with Crippen LogP contribution in [-0.4, -0.2) is 45.9 Å². The van der Waals surface area contributed by atoms with Gasteiger partial charge in [-0.2, -0.15) is 0 Å². The highest BCUT2D eigenvalue weighted by molar-refractivity contribution is 5.28. The molecule has 2 saturated heterocycles. The van der Waals surface area contributed by atoms with Crippen LogP contribution in [0.3, 0.4) is 0 Å². The van der Waals surface area contributed by atoms with Crippen LogP contribution in [0.5, 0.6) is 5.75 Å². The summed E-state index contributed by atoms with van der Waals surface area (Å²) in [6, 6.07) is 7.89. The van der Waals surface area contributed by atoms with Gasteiger partial charge in [0.15, 0.2) is 6.29 Å². The monoisotopic (exact) mass is 322 g/mol. The largest absolute Gasteiger partial charge is 0.497 e. The molecule has 3 rings (SSSR count). The van der Waals surface area contributed by atoms with Crippen LogP contribution in [0.15, 0.2) is 24.3 Å². The van der Waals surface area contributed by atoms with Gasteiger partial charge < -0.3 is 23.7 Å². The summed E-state index contributed by atoms with van der Waals surface area (Å²) in [6.07, 6.45) is 1.81. The van der Waals surface area contributed by atoms with Gasteiger partial charge in [-0.15, -0.1) is 0 Å². The molecule has 0 unspecified atom stereocenters. The number of hydrogen-bond donors (Lipinski definition) is 0. The van der Waals surface area contributed by atoms with Crippen molar-refractivity contribution in [2.45, 2.75) is 38.3 Å². The minimum absolute atomic E-state index is 0.0476. The second-order valence-electron chi connectivity index (χ2n) is 6.16. The third kappa shape index (κ3) is 4.23. The normalized spacial score (nSPS) is 31.7. The van der Waals surface area contributed by atoms with Crippen molar-refractivity contribution in [2.75, 3.05) is 33.5 Å². The molecule has 0 aromatic heterocycles. The third-order valence-electron chi connectivity index (χ3n) is 4.40. The average Bonchev–Trinajstić information content (AvgIpc) is 2.63. The zero-order chi connectivity index (χ0) is 16.1. The van der Waals surface area contributed by atoms with E-state index in [1.807, 2.05) is 24.3 Å². The smallest absolute Gasteiger partial charge is 0.185 e. The van der Waals surface area contributed by atoms with Gasteiger partial charge in [-0.05, 0) is 24.1 Å². The maximum atomic E-state index is 5.95. The Labute approximate surface area is 137 Å². The maximum Gasteiger partial charge on any atom is 0.185 e. The highest BCUT2D eigenvalue weighted by atomic mass is 16.7. The van der Waals surface area contributed by atoms with Gasteiger partial charge in [0, 0.05) is 5.92 Å². The van der Waals surface area contributed by atoms with Crippen molar-refractivity contribution < 1.29 is 23.7 Å².